The second-order valence-electron chi connectivity index (χ2n) is 5.62. The first-order chi connectivity index (χ1) is 9.95. The number of rotatable bonds is 5. The molecule has 1 heterocycles. The number of likely N-dealkylation sites (tertiary alicyclic amines) is 1. The highest BCUT2D eigenvalue weighted by Gasteiger charge is 2.24. The number of benzene rings is 1. The highest BCUT2D eigenvalue weighted by Crippen LogP contribution is 2.23. The van der Waals surface area contributed by atoms with Crippen LogP contribution in [0.15, 0.2) is 18.2 Å². The van der Waals surface area contributed by atoms with E-state index in [1.165, 1.54) is 6.07 Å². The summed E-state index contributed by atoms with van der Waals surface area (Å²) in [6, 6.07) is 3.17. The van der Waals surface area contributed by atoms with Crippen LogP contribution in [0.5, 0.6) is 0 Å². The van der Waals surface area contributed by atoms with E-state index < -0.39 is 17.7 Å². The van der Waals surface area contributed by atoms with Gasteiger partial charge in [0, 0.05) is 31.1 Å². The number of carbonyl (C=O) groups is 1. The van der Waals surface area contributed by atoms with E-state index in [-0.39, 0.29) is 23.9 Å². The third-order valence-electron chi connectivity index (χ3n) is 3.85. The van der Waals surface area contributed by atoms with Gasteiger partial charge in [0.2, 0.25) is 5.91 Å². The van der Waals surface area contributed by atoms with Crippen molar-refractivity contribution in [1.29, 1.82) is 0 Å². The van der Waals surface area contributed by atoms with Crippen LogP contribution in [-0.2, 0) is 4.79 Å². The lowest BCUT2D eigenvalue weighted by molar-refractivity contribution is -0.119. The smallest absolute Gasteiger partial charge is 0.217 e. The van der Waals surface area contributed by atoms with Crippen LogP contribution in [0.4, 0.5) is 8.78 Å². The number of primary amides is 1. The molecule has 0 bridgehead atoms. The Hall–Kier alpha value is -1.53. The van der Waals surface area contributed by atoms with Gasteiger partial charge in [-0.15, -0.1) is 0 Å². The Kier molecular flexibility index (Phi) is 5.25. The Morgan fingerprint density at radius 1 is 1.48 bits per heavy atom. The molecule has 1 aliphatic rings. The topological polar surface area (TPSA) is 66.6 Å². The minimum Gasteiger partial charge on any atom is -0.387 e. The number of nitrogens with two attached hydrogens (primary N) is 1. The fourth-order valence-electron chi connectivity index (χ4n) is 2.88. The summed E-state index contributed by atoms with van der Waals surface area (Å²) in [6.45, 7) is 1.70. The fourth-order valence-corrected chi connectivity index (χ4v) is 2.88. The lowest BCUT2D eigenvalue weighted by Gasteiger charge is -2.33. The largest absolute Gasteiger partial charge is 0.387 e. The van der Waals surface area contributed by atoms with Gasteiger partial charge in [-0.05, 0) is 31.4 Å². The molecule has 3 N–H and O–H groups in total. The molecule has 1 aromatic carbocycles. The quantitative estimate of drug-likeness (QED) is 0.867. The molecule has 6 heteroatoms. The van der Waals surface area contributed by atoms with Crippen molar-refractivity contribution < 1.29 is 18.7 Å². The molecule has 4 nitrogen and oxygen atoms in total. The van der Waals surface area contributed by atoms with E-state index in [9.17, 15) is 18.7 Å². The van der Waals surface area contributed by atoms with Crippen LogP contribution in [-0.4, -0.2) is 35.5 Å². The first kappa shape index (κ1) is 15.9. The van der Waals surface area contributed by atoms with Crippen LogP contribution in [0, 0.1) is 17.6 Å². The van der Waals surface area contributed by atoms with Crippen LogP contribution in [0.3, 0.4) is 0 Å². The van der Waals surface area contributed by atoms with Crippen molar-refractivity contribution in [3.05, 3.63) is 35.4 Å². The summed E-state index contributed by atoms with van der Waals surface area (Å²) in [5.74, 6) is -1.55. The summed E-state index contributed by atoms with van der Waals surface area (Å²) in [5.41, 5.74) is 5.29. The van der Waals surface area contributed by atoms with Gasteiger partial charge in [0.1, 0.15) is 11.6 Å². The predicted molar refractivity (Wildman–Crippen MR) is 74.3 cm³/mol. The summed E-state index contributed by atoms with van der Waals surface area (Å²) in [4.78, 5) is 13.0. The molecule has 1 saturated heterocycles. The van der Waals surface area contributed by atoms with E-state index in [1.807, 2.05) is 4.90 Å². The van der Waals surface area contributed by atoms with Gasteiger partial charge in [-0.1, -0.05) is 6.07 Å². The zero-order valence-electron chi connectivity index (χ0n) is 11.8. The van der Waals surface area contributed by atoms with Gasteiger partial charge >= 0.3 is 0 Å². The minimum absolute atomic E-state index is 0.0911. The SMILES string of the molecule is NC(=O)CC1CCCN(CC(O)c2ccc(F)cc2F)C1. The molecule has 0 aliphatic carbocycles. The maximum atomic E-state index is 13.6. The molecule has 2 rings (SSSR count). The number of amides is 1. The molecule has 0 saturated carbocycles. The number of nitrogens with zero attached hydrogens (tertiary/aromatic N) is 1. The molecule has 21 heavy (non-hydrogen) atoms. The first-order valence-electron chi connectivity index (χ1n) is 7.09. The van der Waals surface area contributed by atoms with Gasteiger partial charge in [-0.25, -0.2) is 8.78 Å². The number of hydrogen-bond acceptors (Lipinski definition) is 3. The molecule has 1 aromatic rings. The third kappa shape index (κ3) is 4.47. The molecule has 116 valence electrons. The molecule has 0 spiro atoms. The maximum absolute atomic E-state index is 13.6. The van der Waals surface area contributed by atoms with Crippen molar-refractivity contribution in [2.45, 2.75) is 25.4 Å². The maximum Gasteiger partial charge on any atom is 0.217 e. The second kappa shape index (κ2) is 6.95. The zero-order chi connectivity index (χ0) is 15.4. The Morgan fingerprint density at radius 2 is 2.24 bits per heavy atom. The molecule has 1 fully saturated rings. The highest BCUT2D eigenvalue weighted by atomic mass is 19.1. The van der Waals surface area contributed by atoms with Crippen molar-refractivity contribution in [1.82, 2.24) is 4.90 Å². The highest BCUT2D eigenvalue weighted by molar-refractivity contribution is 5.74. The Morgan fingerprint density at radius 3 is 2.90 bits per heavy atom. The Labute approximate surface area is 122 Å². The van der Waals surface area contributed by atoms with Gasteiger partial charge in [0.15, 0.2) is 0 Å². The average Bonchev–Trinajstić information content (AvgIpc) is 2.37. The van der Waals surface area contributed by atoms with Gasteiger partial charge in [-0.2, -0.15) is 0 Å². The molecule has 0 radical (unpaired) electrons. The Bertz CT molecular complexity index is 510. The van der Waals surface area contributed by atoms with Crippen molar-refractivity contribution in [2.75, 3.05) is 19.6 Å². The average molecular weight is 298 g/mol. The number of β-amino-alcohol motifs (C(OH)–C–C–N with tert-alkyl or cyclic N) is 1. The van der Waals surface area contributed by atoms with Gasteiger partial charge in [0.25, 0.3) is 0 Å². The number of halogens is 2. The molecule has 1 amide bonds. The van der Waals surface area contributed by atoms with Crippen molar-refractivity contribution in [3.8, 4) is 0 Å². The van der Waals surface area contributed by atoms with E-state index in [2.05, 4.69) is 0 Å². The normalized spacial score (nSPS) is 21.2. The van der Waals surface area contributed by atoms with E-state index in [0.29, 0.717) is 13.0 Å². The second-order valence-corrected chi connectivity index (χ2v) is 5.62. The van der Waals surface area contributed by atoms with Crippen LogP contribution < -0.4 is 5.73 Å². The van der Waals surface area contributed by atoms with Crippen LogP contribution in [0.2, 0.25) is 0 Å². The Balaban J connectivity index is 1.95. The van der Waals surface area contributed by atoms with Crippen molar-refractivity contribution in [2.24, 2.45) is 11.7 Å². The fraction of sp³-hybridized carbons (Fsp3) is 0.533. The number of piperidine rings is 1. The van der Waals surface area contributed by atoms with Crippen molar-refractivity contribution in [3.63, 3.8) is 0 Å². The molecule has 2 atom stereocenters. The summed E-state index contributed by atoms with van der Waals surface area (Å²) >= 11 is 0. The molecule has 1 aliphatic heterocycles. The van der Waals surface area contributed by atoms with Gasteiger partial charge in [0.05, 0.1) is 6.10 Å². The van der Waals surface area contributed by atoms with Crippen LogP contribution in [0.25, 0.3) is 0 Å². The molecular weight excluding hydrogens is 278 g/mol. The molecule has 0 aromatic heterocycles. The number of carbonyl (C=O) groups excluding carboxylic acids is 1. The number of hydrogen-bond donors (Lipinski definition) is 2. The van der Waals surface area contributed by atoms with E-state index in [4.69, 9.17) is 5.73 Å². The van der Waals surface area contributed by atoms with E-state index >= 15 is 0 Å². The lowest BCUT2D eigenvalue weighted by atomic mass is 9.94. The third-order valence-corrected chi connectivity index (χ3v) is 3.85. The van der Waals surface area contributed by atoms with Gasteiger partial charge < -0.3 is 15.7 Å². The number of aliphatic hydroxyl groups excluding tert-OH is 1. The minimum atomic E-state index is -1.02. The molecular formula is C15H20F2N2O2. The standard InChI is InChI=1S/C15H20F2N2O2/c16-11-3-4-12(13(17)7-11)14(20)9-19-5-1-2-10(8-19)6-15(18)21/h3-4,7,10,14,20H,1-2,5-6,8-9H2,(H2,18,21). The summed E-state index contributed by atoms with van der Waals surface area (Å²) in [6.07, 6.45) is 1.16. The van der Waals surface area contributed by atoms with E-state index in [1.54, 1.807) is 0 Å². The summed E-state index contributed by atoms with van der Waals surface area (Å²) < 4.78 is 26.5. The first-order valence-corrected chi connectivity index (χ1v) is 7.09. The molecule has 2 unspecified atom stereocenters. The monoisotopic (exact) mass is 298 g/mol. The van der Waals surface area contributed by atoms with Crippen LogP contribution in [0.1, 0.15) is 30.9 Å². The van der Waals surface area contributed by atoms with Crippen molar-refractivity contribution >= 4 is 5.91 Å². The predicted octanol–water partition coefficient (Wildman–Crippen LogP) is 1.59. The lowest BCUT2D eigenvalue weighted by Crippen LogP contribution is -2.39. The zero-order valence-corrected chi connectivity index (χ0v) is 11.8. The number of aliphatic hydroxyl groups is 1. The van der Waals surface area contributed by atoms with Gasteiger partial charge in [-0.3, -0.25) is 4.79 Å². The summed E-state index contributed by atoms with van der Waals surface area (Å²) in [5, 5.41) is 10.1. The van der Waals surface area contributed by atoms with E-state index in [0.717, 1.165) is 31.5 Å². The van der Waals surface area contributed by atoms with Crippen LogP contribution >= 0.6 is 0 Å². The summed E-state index contributed by atoms with van der Waals surface area (Å²) in [7, 11) is 0.